The minimum atomic E-state index is -0.0821. The number of amidine groups is 1. The summed E-state index contributed by atoms with van der Waals surface area (Å²) in [6.45, 7) is 4.22. The lowest BCUT2D eigenvalue weighted by atomic mass is 9.99. The first kappa shape index (κ1) is 26.0. The van der Waals surface area contributed by atoms with Crippen molar-refractivity contribution in [1.29, 1.82) is 5.41 Å². The lowest BCUT2D eigenvalue weighted by Crippen LogP contribution is -2.38. The molecule has 2 rings (SSSR count). The van der Waals surface area contributed by atoms with Crippen LogP contribution in [-0.2, 0) is 21.0 Å². The third-order valence-electron chi connectivity index (χ3n) is 5.07. The number of ether oxygens (including phenoxy) is 1. The zero-order chi connectivity index (χ0) is 24.2. The molecule has 9 nitrogen and oxygen atoms in total. The van der Waals surface area contributed by atoms with Crippen molar-refractivity contribution in [2.75, 3.05) is 19.5 Å². The smallest absolute Gasteiger partial charge is 0.225 e. The van der Waals surface area contributed by atoms with Crippen LogP contribution < -0.4 is 11.2 Å². The van der Waals surface area contributed by atoms with Crippen molar-refractivity contribution in [2.24, 2.45) is 16.9 Å². The van der Waals surface area contributed by atoms with E-state index in [1.165, 1.54) is 5.01 Å². The molecule has 2 atom stereocenters. The summed E-state index contributed by atoms with van der Waals surface area (Å²) in [6, 6.07) is 14.5. The molecule has 0 aliphatic rings. The lowest BCUT2D eigenvalue weighted by molar-refractivity contribution is -0.116. The molecule has 9 heteroatoms. The number of hydrogen-bond acceptors (Lipinski definition) is 7. The second-order valence-corrected chi connectivity index (χ2v) is 8.03. The van der Waals surface area contributed by atoms with E-state index >= 15 is 0 Å². The highest BCUT2D eigenvalue weighted by Gasteiger charge is 2.14. The summed E-state index contributed by atoms with van der Waals surface area (Å²) in [4.78, 5) is 22.2. The molecular formula is C24H34N6O3. The summed E-state index contributed by atoms with van der Waals surface area (Å²) < 4.78 is 5.28. The molecule has 178 valence electrons. The van der Waals surface area contributed by atoms with E-state index in [1.54, 1.807) is 32.4 Å². The first-order valence-electron chi connectivity index (χ1n) is 10.9. The van der Waals surface area contributed by atoms with Gasteiger partial charge in [0.25, 0.3) is 0 Å². The van der Waals surface area contributed by atoms with Gasteiger partial charge >= 0.3 is 0 Å². The number of aromatic nitrogens is 1. The Labute approximate surface area is 195 Å². The fraction of sp³-hybridized carbons (Fsp3) is 0.417. The van der Waals surface area contributed by atoms with Crippen molar-refractivity contribution in [1.82, 2.24) is 9.99 Å². The Balaban J connectivity index is 1.94. The summed E-state index contributed by atoms with van der Waals surface area (Å²) in [7, 11) is 3.26. The number of methoxy groups -OCH3 is 1. The highest BCUT2D eigenvalue weighted by molar-refractivity contribution is 6.46. The van der Waals surface area contributed by atoms with E-state index in [0.29, 0.717) is 35.1 Å². The minimum Gasteiger partial charge on any atom is -0.389 e. The van der Waals surface area contributed by atoms with Crippen LogP contribution in [0.3, 0.4) is 0 Å². The molecule has 0 aliphatic carbocycles. The average molecular weight is 455 g/mol. The number of benzene rings is 1. The van der Waals surface area contributed by atoms with Crippen LogP contribution >= 0.6 is 0 Å². The molecule has 33 heavy (non-hydrogen) atoms. The Kier molecular flexibility index (Phi) is 10.5. The molecule has 1 aromatic heterocycles. The number of amides is 1. The molecule has 0 saturated heterocycles. The van der Waals surface area contributed by atoms with Crippen molar-refractivity contribution in [2.45, 2.75) is 45.8 Å². The van der Waals surface area contributed by atoms with Gasteiger partial charge in [-0.2, -0.15) is 0 Å². The van der Waals surface area contributed by atoms with Gasteiger partial charge in [-0.15, -0.1) is 0 Å². The number of oxime groups is 1. The third-order valence-corrected chi connectivity index (χ3v) is 5.07. The molecule has 0 spiro atoms. The molecule has 0 bridgehead atoms. The summed E-state index contributed by atoms with van der Waals surface area (Å²) in [5.41, 5.74) is 1.61. The number of rotatable bonds is 12. The van der Waals surface area contributed by atoms with Crippen molar-refractivity contribution in [3.63, 3.8) is 0 Å². The summed E-state index contributed by atoms with van der Waals surface area (Å²) in [5.74, 6) is 6.50. The summed E-state index contributed by atoms with van der Waals surface area (Å²) in [6.07, 6.45) is 2.29. The molecule has 0 radical (unpaired) electrons. The second kappa shape index (κ2) is 13.3. The largest absolute Gasteiger partial charge is 0.389 e. The van der Waals surface area contributed by atoms with Gasteiger partial charge in [-0.1, -0.05) is 48.5 Å². The Morgan fingerprint density at radius 1 is 1.21 bits per heavy atom. The first-order chi connectivity index (χ1) is 15.8. The molecule has 2 aromatic rings. The molecule has 1 amide bonds. The number of anilines is 1. The summed E-state index contributed by atoms with van der Waals surface area (Å²) in [5, 5.41) is 16.3. The van der Waals surface area contributed by atoms with Gasteiger partial charge in [0.1, 0.15) is 5.82 Å². The standard InChI is InChI=1S/C24H34N6O3/c1-17(15-18(2)32-4)13-14-22(31)28-21-12-8-11-20(27-21)16-33-29-23(24(25)30(3)26)19-9-6-5-7-10-19/h5-12,17-18,25H,13-16,26H2,1-4H3,(H,27,28,31)/b25-24?,29-23-. The van der Waals surface area contributed by atoms with E-state index in [9.17, 15) is 4.79 Å². The van der Waals surface area contributed by atoms with Gasteiger partial charge in [-0.3, -0.25) is 15.2 Å². The van der Waals surface area contributed by atoms with E-state index in [1.807, 2.05) is 37.3 Å². The van der Waals surface area contributed by atoms with Gasteiger partial charge in [0, 0.05) is 26.1 Å². The Bertz CT molecular complexity index is 933. The third kappa shape index (κ3) is 8.99. The van der Waals surface area contributed by atoms with E-state index in [4.69, 9.17) is 20.8 Å². The van der Waals surface area contributed by atoms with E-state index in [-0.39, 0.29) is 24.5 Å². The van der Waals surface area contributed by atoms with Gasteiger partial charge in [-0.25, -0.2) is 10.8 Å². The maximum atomic E-state index is 12.3. The monoisotopic (exact) mass is 454 g/mol. The molecule has 0 saturated carbocycles. The zero-order valence-electron chi connectivity index (χ0n) is 19.7. The number of nitrogens with zero attached hydrogens (tertiary/aromatic N) is 3. The average Bonchev–Trinajstić information content (AvgIpc) is 2.80. The van der Waals surface area contributed by atoms with Gasteiger partial charge in [0.2, 0.25) is 5.91 Å². The molecular weight excluding hydrogens is 420 g/mol. The van der Waals surface area contributed by atoms with Gasteiger partial charge in [0.15, 0.2) is 18.2 Å². The lowest BCUT2D eigenvalue weighted by Gasteiger charge is -2.15. The van der Waals surface area contributed by atoms with Crippen LogP contribution in [0.5, 0.6) is 0 Å². The van der Waals surface area contributed by atoms with E-state index in [0.717, 1.165) is 12.8 Å². The molecule has 4 N–H and O–H groups in total. The van der Waals surface area contributed by atoms with E-state index in [2.05, 4.69) is 22.4 Å². The van der Waals surface area contributed by atoms with Gasteiger partial charge in [-0.05, 0) is 37.8 Å². The van der Waals surface area contributed by atoms with Crippen molar-refractivity contribution in [3.8, 4) is 0 Å². The first-order valence-corrected chi connectivity index (χ1v) is 10.9. The Morgan fingerprint density at radius 3 is 2.61 bits per heavy atom. The predicted molar refractivity (Wildman–Crippen MR) is 130 cm³/mol. The highest BCUT2D eigenvalue weighted by Crippen LogP contribution is 2.15. The highest BCUT2D eigenvalue weighted by atomic mass is 16.6. The van der Waals surface area contributed by atoms with Crippen LogP contribution in [-0.4, -0.2) is 47.7 Å². The number of nitrogens with two attached hydrogens (primary N) is 1. The number of pyridine rings is 1. The minimum absolute atomic E-state index is 0.0179. The quantitative estimate of drug-likeness (QED) is 0.195. The van der Waals surface area contributed by atoms with Gasteiger partial charge in [0.05, 0.1) is 11.8 Å². The number of carbonyl (C=O) groups is 1. The van der Waals surface area contributed by atoms with Crippen molar-refractivity contribution < 1.29 is 14.4 Å². The van der Waals surface area contributed by atoms with Crippen LogP contribution in [0.25, 0.3) is 0 Å². The maximum Gasteiger partial charge on any atom is 0.225 e. The second-order valence-electron chi connectivity index (χ2n) is 8.03. The SMILES string of the molecule is COC(C)CC(C)CCC(=O)Nc1cccc(CO/N=C(\C(=N)N(C)N)c2ccccc2)n1. The fourth-order valence-corrected chi connectivity index (χ4v) is 3.15. The number of likely N-dealkylation sites (N-methyl/N-ethyl adjacent to an activating group) is 1. The van der Waals surface area contributed by atoms with Crippen LogP contribution in [0.4, 0.5) is 5.82 Å². The van der Waals surface area contributed by atoms with Crippen molar-refractivity contribution in [3.05, 3.63) is 59.8 Å². The number of carbonyl (C=O) groups excluding carboxylic acids is 1. The topological polar surface area (TPSA) is 126 Å². The number of nitrogens with one attached hydrogen (secondary N) is 2. The molecule has 1 aromatic carbocycles. The van der Waals surface area contributed by atoms with Crippen LogP contribution in [0.2, 0.25) is 0 Å². The fourth-order valence-electron chi connectivity index (χ4n) is 3.15. The molecule has 0 aliphatic heterocycles. The summed E-state index contributed by atoms with van der Waals surface area (Å²) >= 11 is 0. The van der Waals surface area contributed by atoms with Gasteiger partial charge < -0.3 is 14.9 Å². The molecule has 2 unspecified atom stereocenters. The predicted octanol–water partition coefficient (Wildman–Crippen LogP) is 3.57. The number of hydrogen-bond donors (Lipinski definition) is 3. The van der Waals surface area contributed by atoms with Crippen LogP contribution in [0.1, 0.15) is 44.4 Å². The van der Waals surface area contributed by atoms with Crippen LogP contribution in [0, 0.1) is 11.3 Å². The Hall–Kier alpha value is -3.30. The van der Waals surface area contributed by atoms with Crippen molar-refractivity contribution >= 4 is 23.3 Å². The zero-order valence-corrected chi connectivity index (χ0v) is 19.7. The Morgan fingerprint density at radius 2 is 1.94 bits per heavy atom. The normalized spacial score (nSPS) is 13.2. The molecule has 0 fully saturated rings. The van der Waals surface area contributed by atoms with E-state index < -0.39 is 0 Å². The number of hydrazine groups is 1. The maximum absolute atomic E-state index is 12.3. The molecule has 1 heterocycles. The van der Waals surface area contributed by atoms with Crippen LogP contribution in [0.15, 0.2) is 53.7 Å².